The van der Waals surface area contributed by atoms with Crippen molar-refractivity contribution in [1.82, 2.24) is 0 Å². The average Bonchev–Trinajstić information content (AvgIpc) is 2.75. The van der Waals surface area contributed by atoms with Gasteiger partial charge in [0, 0.05) is 46.2 Å². The smallest absolute Gasteiger partial charge is 0.194 e. The standard InChI is InChI=1S/C26H22N2/c1-27-23-9-5-3-7-19(23)15-17-25(27)21-11-13-22(14-12-21)26-18-16-20-8-4-6-10-24(20)28(26)2/h3-18H,1-2H3/q+2. The Kier molecular flexibility index (Phi) is 3.91. The van der Waals surface area contributed by atoms with Crippen molar-refractivity contribution >= 4 is 21.8 Å². The van der Waals surface area contributed by atoms with Gasteiger partial charge >= 0.3 is 0 Å². The third kappa shape index (κ3) is 2.66. The van der Waals surface area contributed by atoms with Crippen LogP contribution >= 0.6 is 0 Å². The number of hydrogen-bond donors (Lipinski definition) is 0. The molecule has 0 fully saturated rings. The molecule has 5 rings (SSSR count). The Morgan fingerprint density at radius 3 is 1.25 bits per heavy atom. The van der Waals surface area contributed by atoms with E-state index in [0.29, 0.717) is 0 Å². The van der Waals surface area contributed by atoms with Crippen LogP contribution < -0.4 is 9.13 Å². The summed E-state index contributed by atoms with van der Waals surface area (Å²) in [4.78, 5) is 0. The lowest BCUT2D eigenvalue weighted by Crippen LogP contribution is -2.32. The lowest BCUT2D eigenvalue weighted by molar-refractivity contribution is -0.633. The summed E-state index contributed by atoms with van der Waals surface area (Å²) in [6.07, 6.45) is 0. The van der Waals surface area contributed by atoms with E-state index in [2.05, 4.69) is 120 Å². The molecule has 0 aliphatic rings. The highest BCUT2D eigenvalue weighted by Gasteiger charge is 2.16. The van der Waals surface area contributed by atoms with Gasteiger partial charge in [-0.2, -0.15) is 9.13 Å². The molecule has 0 N–H and O–H groups in total. The van der Waals surface area contributed by atoms with Gasteiger partial charge in [0.1, 0.15) is 14.1 Å². The summed E-state index contributed by atoms with van der Waals surface area (Å²) in [5.74, 6) is 0. The van der Waals surface area contributed by atoms with Crippen molar-refractivity contribution in [2.45, 2.75) is 0 Å². The molecular weight excluding hydrogens is 340 g/mol. The molecular formula is C26H22N2+2. The lowest BCUT2D eigenvalue weighted by atomic mass is 10.0. The first kappa shape index (κ1) is 16.6. The Morgan fingerprint density at radius 1 is 0.429 bits per heavy atom. The maximum absolute atomic E-state index is 2.26. The van der Waals surface area contributed by atoms with Crippen LogP contribution in [-0.4, -0.2) is 0 Å². The van der Waals surface area contributed by atoms with Gasteiger partial charge in [-0.15, -0.1) is 0 Å². The van der Waals surface area contributed by atoms with Gasteiger partial charge in [-0.25, -0.2) is 0 Å². The molecule has 134 valence electrons. The summed E-state index contributed by atoms with van der Waals surface area (Å²) in [5, 5.41) is 2.52. The number of hydrogen-bond acceptors (Lipinski definition) is 0. The average molecular weight is 362 g/mol. The Hall–Kier alpha value is -3.52. The zero-order chi connectivity index (χ0) is 19.1. The molecule has 0 amide bonds. The Morgan fingerprint density at radius 2 is 0.821 bits per heavy atom. The number of rotatable bonds is 2. The van der Waals surface area contributed by atoms with E-state index in [1.54, 1.807) is 0 Å². The fraction of sp³-hybridized carbons (Fsp3) is 0.0769. The first-order valence-electron chi connectivity index (χ1n) is 9.59. The molecule has 0 spiro atoms. The number of pyridine rings is 2. The normalized spacial score (nSPS) is 11.2. The van der Waals surface area contributed by atoms with Gasteiger partial charge in [-0.3, -0.25) is 0 Å². The molecule has 3 aromatic carbocycles. The number of aryl methyl sites for hydroxylation is 2. The second kappa shape index (κ2) is 6.58. The molecule has 0 radical (unpaired) electrons. The third-order valence-corrected chi connectivity index (χ3v) is 5.64. The molecule has 0 aliphatic heterocycles. The van der Waals surface area contributed by atoms with Crippen LogP contribution in [0.25, 0.3) is 44.3 Å². The van der Waals surface area contributed by atoms with Crippen molar-refractivity contribution in [3.05, 3.63) is 97.1 Å². The van der Waals surface area contributed by atoms with Gasteiger partial charge in [0.15, 0.2) is 0 Å². The minimum atomic E-state index is 1.22. The fourth-order valence-electron chi connectivity index (χ4n) is 4.08. The maximum atomic E-state index is 2.26. The number of benzene rings is 3. The van der Waals surface area contributed by atoms with Crippen molar-refractivity contribution in [2.24, 2.45) is 14.1 Å². The number of aromatic nitrogens is 2. The summed E-state index contributed by atoms with van der Waals surface area (Å²) < 4.78 is 4.53. The van der Waals surface area contributed by atoms with Crippen molar-refractivity contribution < 1.29 is 9.13 Å². The van der Waals surface area contributed by atoms with Gasteiger partial charge in [0.05, 0.1) is 0 Å². The first-order valence-corrected chi connectivity index (χ1v) is 9.59. The molecule has 2 heterocycles. The minimum absolute atomic E-state index is 1.22. The summed E-state index contributed by atoms with van der Waals surface area (Å²) in [7, 11) is 4.27. The molecule has 0 bridgehead atoms. The monoisotopic (exact) mass is 362 g/mol. The molecule has 0 aliphatic carbocycles. The highest BCUT2D eigenvalue weighted by atomic mass is 14.9. The van der Waals surface area contributed by atoms with Crippen LogP contribution in [0.3, 0.4) is 0 Å². The molecule has 0 saturated carbocycles. The molecule has 0 unspecified atom stereocenters. The predicted molar refractivity (Wildman–Crippen MR) is 115 cm³/mol. The first-order chi connectivity index (χ1) is 13.7. The molecule has 0 saturated heterocycles. The third-order valence-electron chi connectivity index (χ3n) is 5.64. The Balaban J connectivity index is 1.59. The summed E-state index contributed by atoms with van der Waals surface area (Å²) in [6.45, 7) is 0. The van der Waals surface area contributed by atoms with Crippen LogP contribution in [0.1, 0.15) is 0 Å². The molecule has 28 heavy (non-hydrogen) atoms. The van der Waals surface area contributed by atoms with E-state index < -0.39 is 0 Å². The van der Waals surface area contributed by atoms with E-state index in [1.165, 1.54) is 44.3 Å². The van der Waals surface area contributed by atoms with E-state index in [0.717, 1.165) is 0 Å². The van der Waals surface area contributed by atoms with Crippen LogP contribution in [0.2, 0.25) is 0 Å². The zero-order valence-electron chi connectivity index (χ0n) is 16.1. The van der Waals surface area contributed by atoms with E-state index in [9.17, 15) is 0 Å². The molecule has 0 atom stereocenters. The quantitative estimate of drug-likeness (QED) is 0.392. The molecule has 2 heteroatoms. The van der Waals surface area contributed by atoms with Gasteiger partial charge in [0.25, 0.3) is 0 Å². The highest BCUT2D eigenvalue weighted by molar-refractivity contribution is 5.79. The van der Waals surface area contributed by atoms with Crippen LogP contribution in [-0.2, 0) is 14.1 Å². The maximum Gasteiger partial charge on any atom is 0.212 e. The second-order valence-electron chi connectivity index (χ2n) is 7.25. The second-order valence-corrected chi connectivity index (χ2v) is 7.25. The topological polar surface area (TPSA) is 7.76 Å². The molecule has 5 aromatic rings. The number of fused-ring (bicyclic) bond motifs is 2. The SMILES string of the molecule is C[n+]1c(-c2ccc(-c3ccc4ccccc4[n+]3C)cc2)ccc2ccccc21. The fourth-order valence-corrected chi connectivity index (χ4v) is 4.08. The van der Waals surface area contributed by atoms with Gasteiger partial charge in [-0.1, -0.05) is 24.3 Å². The van der Waals surface area contributed by atoms with Crippen LogP contribution in [0.15, 0.2) is 97.1 Å². The summed E-state index contributed by atoms with van der Waals surface area (Å²) in [5.41, 5.74) is 7.36. The van der Waals surface area contributed by atoms with Crippen molar-refractivity contribution in [1.29, 1.82) is 0 Å². The zero-order valence-corrected chi connectivity index (χ0v) is 16.1. The van der Waals surface area contributed by atoms with Crippen LogP contribution in [0, 0.1) is 0 Å². The lowest BCUT2D eigenvalue weighted by Gasteiger charge is -2.06. The van der Waals surface area contributed by atoms with Gasteiger partial charge in [-0.05, 0) is 48.5 Å². The summed E-state index contributed by atoms with van der Waals surface area (Å²) in [6, 6.07) is 34.7. The van der Waals surface area contributed by atoms with Crippen LogP contribution in [0.5, 0.6) is 0 Å². The molecule has 2 nitrogen and oxygen atoms in total. The Labute approximate surface area is 164 Å². The minimum Gasteiger partial charge on any atom is -0.194 e. The summed E-state index contributed by atoms with van der Waals surface area (Å²) >= 11 is 0. The van der Waals surface area contributed by atoms with Crippen LogP contribution in [0.4, 0.5) is 0 Å². The van der Waals surface area contributed by atoms with Gasteiger partial charge < -0.3 is 0 Å². The number of para-hydroxylation sites is 2. The van der Waals surface area contributed by atoms with Crippen molar-refractivity contribution in [3.8, 4) is 22.5 Å². The van der Waals surface area contributed by atoms with Crippen molar-refractivity contribution in [2.75, 3.05) is 0 Å². The van der Waals surface area contributed by atoms with E-state index in [1.807, 2.05) is 0 Å². The van der Waals surface area contributed by atoms with E-state index in [-0.39, 0.29) is 0 Å². The Bertz CT molecular complexity index is 1210. The number of nitrogens with zero attached hydrogens (tertiary/aromatic N) is 2. The predicted octanol–water partition coefficient (Wildman–Crippen LogP) is 4.98. The largest absolute Gasteiger partial charge is 0.212 e. The van der Waals surface area contributed by atoms with E-state index >= 15 is 0 Å². The van der Waals surface area contributed by atoms with Crippen molar-refractivity contribution in [3.63, 3.8) is 0 Å². The highest BCUT2D eigenvalue weighted by Crippen LogP contribution is 2.24. The molecule has 2 aromatic heterocycles. The van der Waals surface area contributed by atoms with E-state index in [4.69, 9.17) is 0 Å². The van der Waals surface area contributed by atoms with Gasteiger partial charge in [0.2, 0.25) is 22.4 Å².